The summed E-state index contributed by atoms with van der Waals surface area (Å²) in [7, 11) is 1.80. The van der Waals surface area contributed by atoms with Crippen LogP contribution in [0.3, 0.4) is 0 Å². The maximum Gasteiger partial charge on any atom is 0.211 e. The van der Waals surface area contributed by atoms with Crippen LogP contribution in [0, 0.1) is 0 Å². The summed E-state index contributed by atoms with van der Waals surface area (Å²) >= 11 is 6.30. The number of benzene rings is 2. The molecular weight excluding hydrogens is 488 g/mol. The summed E-state index contributed by atoms with van der Waals surface area (Å²) in [6.45, 7) is -0.578. The molecule has 1 fully saturated rings. The number of ether oxygens (including phenoxy) is 2. The van der Waals surface area contributed by atoms with Gasteiger partial charge in [0.05, 0.1) is 29.7 Å². The predicted octanol–water partition coefficient (Wildman–Crippen LogP) is 2.03. The Morgan fingerprint density at radius 1 is 1.08 bits per heavy atom. The van der Waals surface area contributed by atoms with E-state index < -0.39 is 37.3 Å². The zero-order valence-electron chi connectivity index (χ0n) is 19.2. The van der Waals surface area contributed by atoms with Gasteiger partial charge in [0.1, 0.15) is 24.1 Å². The largest absolute Gasteiger partial charge is 0.480 e. The second kappa shape index (κ2) is 9.70. The lowest BCUT2D eigenvalue weighted by atomic mass is 9.99. The van der Waals surface area contributed by atoms with Crippen LogP contribution in [0.4, 0.5) is 0 Å². The molecule has 0 saturated carbocycles. The molecule has 4 N–H and O–H groups in total. The molecule has 3 heterocycles. The summed E-state index contributed by atoms with van der Waals surface area (Å²) in [6.07, 6.45) is -3.65. The van der Waals surface area contributed by atoms with Gasteiger partial charge in [-0.15, -0.1) is 0 Å². The van der Waals surface area contributed by atoms with Crippen LogP contribution in [0.25, 0.3) is 16.6 Å². The Bertz CT molecular complexity index is 1410. The number of halogens is 1. The number of rotatable bonds is 6. The molecule has 9 nitrogen and oxygen atoms in total. The van der Waals surface area contributed by atoms with E-state index in [1.165, 1.54) is 0 Å². The SMILES string of the molecule is Cn1cccc1C(=O)c1ccccc1-n1cc(O[C@@H]2[C@@H](O)[C@@H](O)[C@@H](CO)O[C@H]2O)c2ccc(Cl)cc21. The Balaban J connectivity index is 1.60. The Morgan fingerprint density at radius 3 is 2.58 bits per heavy atom. The quantitative estimate of drug-likeness (QED) is 0.291. The van der Waals surface area contributed by atoms with Crippen LogP contribution in [0.5, 0.6) is 5.75 Å². The van der Waals surface area contributed by atoms with Gasteiger partial charge < -0.3 is 39.0 Å². The van der Waals surface area contributed by atoms with Crippen molar-refractivity contribution in [2.45, 2.75) is 30.7 Å². The Kier molecular flexibility index (Phi) is 6.60. The van der Waals surface area contributed by atoms with Gasteiger partial charge in [-0.3, -0.25) is 4.79 Å². The van der Waals surface area contributed by atoms with E-state index in [1.807, 2.05) is 6.07 Å². The van der Waals surface area contributed by atoms with Crippen molar-refractivity contribution in [2.24, 2.45) is 7.05 Å². The first kappa shape index (κ1) is 24.5. The molecule has 0 spiro atoms. The van der Waals surface area contributed by atoms with E-state index in [0.29, 0.717) is 32.9 Å². The van der Waals surface area contributed by atoms with Crippen molar-refractivity contribution >= 4 is 28.3 Å². The van der Waals surface area contributed by atoms with Crippen molar-refractivity contribution in [3.63, 3.8) is 0 Å². The molecule has 1 aliphatic rings. The highest BCUT2D eigenvalue weighted by atomic mass is 35.5. The summed E-state index contributed by atoms with van der Waals surface area (Å²) in [4.78, 5) is 13.4. The standard InChI is InChI=1S/C26H25ClN2O7/c1-28-10-4-7-18(28)22(31)16-5-2-3-6-17(16)29-12-20(15-9-8-14(27)11-19(15)29)35-25-24(33)23(32)21(13-30)36-26(25)34/h2-12,21,23-26,30,32-34H,13H2,1H3/t21-,23+,24+,25-,26-/m1/s1. The number of carbonyl (C=O) groups is 1. The smallest absolute Gasteiger partial charge is 0.211 e. The number of hydrogen-bond donors (Lipinski definition) is 4. The summed E-state index contributed by atoms with van der Waals surface area (Å²) < 4.78 is 14.7. The van der Waals surface area contributed by atoms with Crippen molar-refractivity contribution in [2.75, 3.05) is 6.61 Å². The van der Waals surface area contributed by atoms with Crippen LogP contribution in [-0.2, 0) is 11.8 Å². The molecule has 2 aromatic carbocycles. The zero-order chi connectivity index (χ0) is 25.6. The van der Waals surface area contributed by atoms with Gasteiger partial charge in [0, 0.05) is 29.2 Å². The third-order valence-corrected chi connectivity index (χ3v) is 6.66. The fraction of sp³-hybridized carbons (Fsp3) is 0.269. The Morgan fingerprint density at radius 2 is 1.86 bits per heavy atom. The summed E-state index contributed by atoms with van der Waals surface area (Å²) in [5.41, 5.74) is 2.17. The Labute approximate surface area is 211 Å². The summed E-state index contributed by atoms with van der Waals surface area (Å²) in [5, 5.41) is 41.6. The fourth-order valence-corrected chi connectivity index (χ4v) is 4.68. The van der Waals surface area contributed by atoms with Crippen LogP contribution < -0.4 is 4.74 Å². The maximum atomic E-state index is 13.4. The lowest BCUT2D eigenvalue weighted by molar-refractivity contribution is -0.280. The third-order valence-electron chi connectivity index (χ3n) is 6.42. The van der Waals surface area contributed by atoms with Crippen molar-refractivity contribution in [1.29, 1.82) is 0 Å². The number of aromatic nitrogens is 2. The number of carbonyl (C=O) groups excluding carboxylic acids is 1. The Hall–Kier alpha value is -3.18. The number of para-hydroxylation sites is 1. The van der Waals surface area contributed by atoms with Crippen LogP contribution in [-0.4, -0.2) is 72.7 Å². The van der Waals surface area contributed by atoms with E-state index in [-0.39, 0.29) is 11.5 Å². The van der Waals surface area contributed by atoms with Crippen molar-refractivity contribution in [1.82, 2.24) is 9.13 Å². The molecule has 0 unspecified atom stereocenters. The minimum absolute atomic E-state index is 0.172. The molecule has 2 aromatic heterocycles. The number of fused-ring (bicyclic) bond motifs is 1. The molecule has 0 amide bonds. The predicted molar refractivity (Wildman–Crippen MR) is 132 cm³/mol. The van der Waals surface area contributed by atoms with E-state index in [4.69, 9.17) is 21.1 Å². The van der Waals surface area contributed by atoms with E-state index >= 15 is 0 Å². The lowest BCUT2D eigenvalue weighted by Gasteiger charge is -2.39. The second-order valence-corrected chi connectivity index (χ2v) is 9.12. The topological polar surface area (TPSA) is 126 Å². The first-order chi connectivity index (χ1) is 17.3. The highest BCUT2D eigenvalue weighted by Gasteiger charge is 2.45. The molecule has 188 valence electrons. The highest BCUT2D eigenvalue weighted by molar-refractivity contribution is 6.31. The first-order valence-corrected chi connectivity index (χ1v) is 11.7. The van der Waals surface area contributed by atoms with Crippen LogP contribution >= 0.6 is 11.6 Å². The monoisotopic (exact) mass is 512 g/mol. The van der Waals surface area contributed by atoms with Crippen molar-refractivity contribution in [3.8, 4) is 11.4 Å². The van der Waals surface area contributed by atoms with Gasteiger partial charge in [-0.25, -0.2) is 0 Å². The van der Waals surface area contributed by atoms with Gasteiger partial charge in [-0.2, -0.15) is 0 Å². The molecule has 1 aliphatic heterocycles. The van der Waals surface area contributed by atoms with Crippen LogP contribution in [0.15, 0.2) is 67.0 Å². The lowest BCUT2D eigenvalue weighted by Crippen LogP contribution is -2.60. The fourth-order valence-electron chi connectivity index (χ4n) is 4.52. The number of aliphatic hydroxyl groups is 4. The first-order valence-electron chi connectivity index (χ1n) is 11.3. The average Bonchev–Trinajstić information content (AvgIpc) is 3.46. The number of ketones is 1. The van der Waals surface area contributed by atoms with Gasteiger partial charge in [0.15, 0.2) is 12.4 Å². The minimum atomic E-state index is -1.60. The van der Waals surface area contributed by atoms with E-state index in [2.05, 4.69) is 0 Å². The molecule has 5 rings (SSSR count). The minimum Gasteiger partial charge on any atom is -0.480 e. The maximum absolute atomic E-state index is 13.4. The normalized spacial score (nSPS) is 24.2. The summed E-state index contributed by atoms with van der Waals surface area (Å²) in [5.74, 6) is 0.0956. The van der Waals surface area contributed by atoms with Gasteiger partial charge in [-0.05, 0) is 42.5 Å². The van der Waals surface area contributed by atoms with Crippen LogP contribution in [0.2, 0.25) is 5.02 Å². The molecule has 0 radical (unpaired) electrons. The average molecular weight is 513 g/mol. The number of aliphatic hydroxyl groups excluding tert-OH is 4. The zero-order valence-corrected chi connectivity index (χ0v) is 20.0. The van der Waals surface area contributed by atoms with Gasteiger partial charge in [0.25, 0.3) is 0 Å². The number of nitrogens with zero attached hydrogens (tertiary/aromatic N) is 2. The number of hydrogen-bond acceptors (Lipinski definition) is 7. The van der Waals surface area contributed by atoms with Crippen molar-refractivity contribution < 1.29 is 34.7 Å². The number of aryl methyl sites for hydroxylation is 1. The second-order valence-electron chi connectivity index (χ2n) is 8.69. The highest BCUT2D eigenvalue weighted by Crippen LogP contribution is 2.36. The van der Waals surface area contributed by atoms with Gasteiger partial charge in [-0.1, -0.05) is 23.7 Å². The molecule has 36 heavy (non-hydrogen) atoms. The van der Waals surface area contributed by atoms with Gasteiger partial charge >= 0.3 is 0 Å². The third kappa shape index (κ3) is 4.20. The van der Waals surface area contributed by atoms with Crippen LogP contribution in [0.1, 0.15) is 16.1 Å². The van der Waals surface area contributed by atoms with E-state index in [9.17, 15) is 25.2 Å². The molecule has 0 bridgehead atoms. The molecular formula is C26H25ClN2O7. The van der Waals surface area contributed by atoms with Crippen molar-refractivity contribution in [3.05, 3.63) is 83.3 Å². The molecule has 5 atom stereocenters. The van der Waals surface area contributed by atoms with Gasteiger partial charge in [0.2, 0.25) is 5.78 Å². The molecule has 0 aliphatic carbocycles. The van der Waals surface area contributed by atoms with E-state index in [1.54, 1.807) is 77.1 Å². The summed E-state index contributed by atoms with van der Waals surface area (Å²) in [6, 6.07) is 15.8. The van der Waals surface area contributed by atoms with E-state index in [0.717, 1.165) is 0 Å². The molecule has 10 heteroatoms. The molecule has 4 aromatic rings. The molecule has 1 saturated heterocycles.